The fourth-order valence-corrected chi connectivity index (χ4v) is 2.83. The Morgan fingerprint density at radius 1 is 1.15 bits per heavy atom. The van der Waals surface area contributed by atoms with Crippen LogP contribution in [0.5, 0.6) is 5.75 Å². The summed E-state index contributed by atoms with van der Waals surface area (Å²) >= 11 is 9.41. The molecule has 0 bridgehead atoms. The molecule has 0 amide bonds. The van der Waals surface area contributed by atoms with Crippen molar-refractivity contribution in [1.82, 2.24) is 0 Å². The lowest BCUT2D eigenvalue weighted by Crippen LogP contribution is -2.15. The van der Waals surface area contributed by atoms with Gasteiger partial charge in [-0.1, -0.05) is 63.0 Å². The first-order valence-corrected chi connectivity index (χ1v) is 8.97. The molecular weight excluding hydrogens is 436 g/mol. The minimum Gasteiger partial charge on any atom is -0.484 e. The van der Waals surface area contributed by atoms with Gasteiger partial charge in [-0.25, -0.2) is 4.79 Å². The van der Waals surface area contributed by atoms with E-state index in [1.165, 1.54) is 6.07 Å². The van der Waals surface area contributed by atoms with Crippen molar-refractivity contribution in [2.24, 2.45) is 10.9 Å². The highest BCUT2D eigenvalue weighted by atomic mass is 79.9. The van der Waals surface area contributed by atoms with Crippen molar-refractivity contribution in [2.75, 3.05) is 0 Å². The van der Waals surface area contributed by atoms with Gasteiger partial charge in [0.25, 0.3) is 0 Å². The third-order valence-electron chi connectivity index (χ3n) is 3.42. The van der Waals surface area contributed by atoms with Crippen LogP contribution in [-0.2, 0) is 11.4 Å². The Balaban J connectivity index is 1.59. The summed E-state index contributed by atoms with van der Waals surface area (Å²) in [6.07, 6.45) is 0. The second-order valence-corrected chi connectivity index (χ2v) is 6.67. The Hall–Kier alpha value is -2.77. The lowest BCUT2D eigenvalue weighted by Gasteiger charge is -2.06. The molecule has 0 unspecified atom stereocenters. The fourth-order valence-electron chi connectivity index (χ4n) is 2.10. The van der Waals surface area contributed by atoms with Crippen molar-refractivity contribution in [3.05, 3.63) is 87.2 Å². The van der Waals surface area contributed by atoms with Crippen LogP contribution in [-0.4, -0.2) is 11.8 Å². The minimum atomic E-state index is -0.762. The highest BCUT2D eigenvalue weighted by molar-refractivity contribution is 9.10. The summed E-state index contributed by atoms with van der Waals surface area (Å²) < 4.78 is 11.8. The maximum absolute atomic E-state index is 12.0. The maximum Gasteiger partial charge on any atom is 0.400 e. The Morgan fingerprint density at radius 3 is 2.67 bits per heavy atom. The van der Waals surface area contributed by atoms with Gasteiger partial charge < -0.3 is 19.7 Å². The first-order valence-electron chi connectivity index (χ1n) is 7.80. The van der Waals surface area contributed by atoms with Crippen LogP contribution in [0.25, 0.3) is 0 Å². The highest BCUT2D eigenvalue weighted by Gasteiger charge is 2.14. The molecule has 0 atom stereocenters. The van der Waals surface area contributed by atoms with Crippen molar-refractivity contribution in [3.8, 4) is 5.75 Å². The molecule has 138 valence electrons. The van der Waals surface area contributed by atoms with Crippen molar-refractivity contribution in [1.29, 1.82) is 0 Å². The first kappa shape index (κ1) is 19.0. The summed E-state index contributed by atoms with van der Waals surface area (Å²) in [5.41, 5.74) is 6.41. The number of oxime groups is 1. The molecule has 8 heteroatoms. The van der Waals surface area contributed by atoms with Crippen LogP contribution in [0.15, 0.2) is 74.7 Å². The molecule has 27 heavy (non-hydrogen) atoms. The van der Waals surface area contributed by atoms with Gasteiger partial charge in [0.1, 0.15) is 18.1 Å². The fraction of sp³-hybridized carbons (Fsp3) is 0.0526. The number of ether oxygens (including phenoxy) is 1. The highest BCUT2D eigenvalue weighted by Crippen LogP contribution is 2.28. The number of carbonyl (C=O) groups is 1. The van der Waals surface area contributed by atoms with Gasteiger partial charge in [0.2, 0.25) is 5.76 Å². The summed E-state index contributed by atoms with van der Waals surface area (Å²) in [7, 11) is 0. The summed E-state index contributed by atoms with van der Waals surface area (Å²) in [5.74, 6) is 0.243. The molecule has 0 fully saturated rings. The number of nitrogens with zero attached hydrogens (tertiary/aromatic N) is 1. The Bertz CT molecular complexity index is 973. The van der Waals surface area contributed by atoms with Gasteiger partial charge in [0.15, 0.2) is 5.84 Å². The predicted molar refractivity (Wildman–Crippen MR) is 105 cm³/mol. The number of furan rings is 1. The number of hydrogen-bond donors (Lipinski definition) is 1. The molecule has 2 N–H and O–H groups in total. The zero-order chi connectivity index (χ0) is 19.2. The van der Waals surface area contributed by atoms with E-state index < -0.39 is 5.97 Å². The van der Waals surface area contributed by atoms with Crippen molar-refractivity contribution < 1.29 is 18.8 Å². The van der Waals surface area contributed by atoms with E-state index >= 15 is 0 Å². The maximum atomic E-state index is 12.0. The van der Waals surface area contributed by atoms with Crippen LogP contribution in [0, 0.1) is 0 Å². The average Bonchev–Trinajstić information content (AvgIpc) is 3.15. The lowest BCUT2D eigenvalue weighted by molar-refractivity contribution is 0.0475. The third kappa shape index (κ3) is 5.12. The molecule has 6 nitrogen and oxygen atoms in total. The molecule has 3 aromatic rings. The Morgan fingerprint density at radius 2 is 1.93 bits per heavy atom. The van der Waals surface area contributed by atoms with Crippen molar-refractivity contribution in [3.63, 3.8) is 0 Å². The normalized spacial score (nSPS) is 11.3. The number of benzene rings is 2. The zero-order valence-electron chi connectivity index (χ0n) is 13.9. The van der Waals surface area contributed by atoms with Crippen LogP contribution < -0.4 is 10.5 Å². The van der Waals surface area contributed by atoms with Gasteiger partial charge in [-0.05, 0) is 30.3 Å². The van der Waals surface area contributed by atoms with E-state index in [2.05, 4.69) is 21.1 Å². The van der Waals surface area contributed by atoms with Crippen LogP contribution in [0.1, 0.15) is 21.9 Å². The molecule has 0 saturated carbocycles. The van der Waals surface area contributed by atoms with E-state index in [1.54, 1.807) is 48.5 Å². The van der Waals surface area contributed by atoms with E-state index in [1.807, 2.05) is 6.07 Å². The second kappa shape index (κ2) is 8.75. The lowest BCUT2D eigenvalue weighted by atomic mass is 10.2. The van der Waals surface area contributed by atoms with E-state index in [4.69, 9.17) is 31.3 Å². The quantitative estimate of drug-likeness (QED) is 0.254. The van der Waals surface area contributed by atoms with Gasteiger partial charge in [-0.3, -0.25) is 0 Å². The number of halogens is 2. The van der Waals surface area contributed by atoms with Crippen LogP contribution in [0.2, 0.25) is 5.02 Å². The number of rotatable bonds is 6. The van der Waals surface area contributed by atoms with E-state index in [9.17, 15) is 4.79 Å². The monoisotopic (exact) mass is 448 g/mol. The SMILES string of the molecule is N/C(=N\OC(=O)c1ccc(COc2ccc(Br)cc2Cl)o1)c1ccccc1. The topological polar surface area (TPSA) is 87.1 Å². The largest absolute Gasteiger partial charge is 0.484 e. The summed E-state index contributed by atoms with van der Waals surface area (Å²) in [4.78, 5) is 16.8. The molecule has 1 heterocycles. The summed E-state index contributed by atoms with van der Waals surface area (Å²) in [6.45, 7) is 0.101. The molecule has 0 radical (unpaired) electrons. The molecule has 0 saturated heterocycles. The van der Waals surface area contributed by atoms with Crippen LogP contribution >= 0.6 is 27.5 Å². The van der Waals surface area contributed by atoms with E-state index in [-0.39, 0.29) is 18.2 Å². The predicted octanol–water partition coefficient (Wildman–Crippen LogP) is 4.75. The zero-order valence-corrected chi connectivity index (χ0v) is 16.2. The molecular formula is C19H14BrClN2O4. The first-order chi connectivity index (χ1) is 13.0. The standard InChI is InChI=1S/C19H14BrClN2O4/c20-13-6-8-16(15(21)10-13)25-11-14-7-9-17(26-14)19(24)27-23-18(22)12-4-2-1-3-5-12/h1-10H,11H2,(H2,22,23). The number of hydrogen-bond acceptors (Lipinski definition) is 5. The number of carbonyl (C=O) groups excluding carboxylic acids is 1. The summed E-state index contributed by atoms with van der Waals surface area (Å²) in [6, 6.07) is 17.3. The number of nitrogens with two attached hydrogens (primary N) is 1. The van der Waals surface area contributed by atoms with Crippen LogP contribution in [0.4, 0.5) is 0 Å². The van der Waals surface area contributed by atoms with Gasteiger partial charge >= 0.3 is 5.97 Å². The Labute approximate surface area is 168 Å². The van der Waals surface area contributed by atoms with Crippen LogP contribution in [0.3, 0.4) is 0 Å². The van der Waals surface area contributed by atoms with Gasteiger partial charge in [-0.15, -0.1) is 0 Å². The smallest absolute Gasteiger partial charge is 0.400 e. The molecule has 1 aromatic heterocycles. The summed E-state index contributed by atoms with van der Waals surface area (Å²) in [5, 5.41) is 4.08. The molecule has 0 spiro atoms. The van der Waals surface area contributed by atoms with E-state index in [0.29, 0.717) is 22.1 Å². The molecule has 0 aliphatic heterocycles. The van der Waals surface area contributed by atoms with Gasteiger partial charge in [0, 0.05) is 10.0 Å². The second-order valence-electron chi connectivity index (χ2n) is 5.35. The molecule has 2 aromatic carbocycles. The molecule has 0 aliphatic rings. The number of amidine groups is 1. The van der Waals surface area contributed by atoms with E-state index in [0.717, 1.165) is 4.47 Å². The van der Waals surface area contributed by atoms with Gasteiger partial charge in [-0.2, -0.15) is 0 Å². The molecule has 0 aliphatic carbocycles. The molecule has 3 rings (SSSR count). The Kier molecular flexibility index (Phi) is 6.16. The minimum absolute atomic E-state index is 0.0138. The van der Waals surface area contributed by atoms with Crippen molar-refractivity contribution in [2.45, 2.75) is 6.61 Å². The van der Waals surface area contributed by atoms with Crippen molar-refractivity contribution >= 4 is 39.3 Å². The third-order valence-corrected chi connectivity index (χ3v) is 4.21. The van der Waals surface area contributed by atoms with Gasteiger partial charge in [0.05, 0.1) is 5.02 Å². The average molecular weight is 450 g/mol.